The van der Waals surface area contributed by atoms with Gasteiger partial charge in [0.05, 0.1) is 5.92 Å². The smallest absolute Gasteiger partial charge is 0.347 e. The van der Waals surface area contributed by atoms with Crippen LogP contribution in [0.2, 0.25) is 0 Å². The second-order valence-electron chi connectivity index (χ2n) is 9.64. The van der Waals surface area contributed by atoms with Crippen LogP contribution < -0.4 is 15.0 Å². The lowest BCUT2D eigenvalue weighted by Crippen LogP contribution is -2.43. The summed E-state index contributed by atoms with van der Waals surface area (Å²) < 4.78 is 5.68. The Labute approximate surface area is 196 Å². The standard InChI is InChI=1S/C27H36N2O4/c1-19(2)21-12-10-20(11-13-21)14-15-28-25(30)22-7-6-16-29(18-22)23-8-5-9-24(17-23)33-27(3,4)26(31)32/h5,8-13,17,19,22H,6-7,14-16,18H2,1-4H3,(H,28,30)(H,31,32)/t22-/m0/s1. The molecule has 6 heteroatoms. The summed E-state index contributed by atoms with van der Waals surface area (Å²) in [4.78, 5) is 26.4. The molecule has 0 aliphatic carbocycles. The van der Waals surface area contributed by atoms with Gasteiger partial charge in [0, 0.05) is 31.4 Å². The van der Waals surface area contributed by atoms with Gasteiger partial charge in [-0.15, -0.1) is 0 Å². The molecule has 2 aromatic carbocycles. The van der Waals surface area contributed by atoms with E-state index in [2.05, 4.69) is 48.3 Å². The van der Waals surface area contributed by atoms with Gasteiger partial charge in [0.1, 0.15) is 5.75 Å². The van der Waals surface area contributed by atoms with Gasteiger partial charge < -0.3 is 20.1 Å². The van der Waals surface area contributed by atoms with Crippen LogP contribution in [0.5, 0.6) is 5.75 Å². The second-order valence-corrected chi connectivity index (χ2v) is 9.64. The number of aliphatic carboxylic acids is 1. The summed E-state index contributed by atoms with van der Waals surface area (Å²) in [6, 6.07) is 16.1. The van der Waals surface area contributed by atoms with Gasteiger partial charge in [-0.3, -0.25) is 4.79 Å². The van der Waals surface area contributed by atoms with Crippen molar-refractivity contribution in [2.75, 3.05) is 24.5 Å². The Hall–Kier alpha value is -3.02. The summed E-state index contributed by atoms with van der Waals surface area (Å²) in [5.74, 6) is 0.0392. The summed E-state index contributed by atoms with van der Waals surface area (Å²) in [6.45, 7) is 9.55. The van der Waals surface area contributed by atoms with Crippen LogP contribution in [0.3, 0.4) is 0 Å². The molecule has 1 atom stereocenters. The highest BCUT2D eigenvalue weighted by atomic mass is 16.5. The highest BCUT2D eigenvalue weighted by molar-refractivity contribution is 5.79. The Morgan fingerprint density at radius 2 is 1.91 bits per heavy atom. The molecule has 0 radical (unpaired) electrons. The third-order valence-electron chi connectivity index (χ3n) is 6.22. The van der Waals surface area contributed by atoms with Crippen LogP contribution in [-0.4, -0.2) is 42.2 Å². The SMILES string of the molecule is CC(C)c1ccc(CCNC(=O)[C@H]2CCCN(c3cccc(OC(C)(C)C(=O)O)c3)C2)cc1. The predicted molar refractivity (Wildman–Crippen MR) is 131 cm³/mol. The van der Waals surface area contributed by atoms with Crippen LogP contribution in [0.4, 0.5) is 5.69 Å². The van der Waals surface area contributed by atoms with Crippen LogP contribution >= 0.6 is 0 Å². The van der Waals surface area contributed by atoms with Gasteiger partial charge in [-0.2, -0.15) is 0 Å². The van der Waals surface area contributed by atoms with Gasteiger partial charge in [-0.25, -0.2) is 4.79 Å². The molecule has 1 fully saturated rings. The fourth-order valence-electron chi connectivity index (χ4n) is 4.05. The fourth-order valence-corrected chi connectivity index (χ4v) is 4.05. The summed E-state index contributed by atoms with van der Waals surface area (Å²) >= 11 is 0. The quantitative estimate of drug-likeness (QED) is 0.580. The average Bonchev–Trinajstić information content (AvgIpc) is 2.79. The summed E-state index contributed by atoms with van der Waals surface area (Å²) in [6.07, 6.45) is 2.62. The largest absolute Gasteiger partial charge is 0.478 e. The van der Waals surface area contributed by atoms with Crippen LogP contribution in [0, 0.1) is 5.92 Å². The van der Waals surface area contributed by atoms with Gasteiger partial charge >= 0.3 is 5.97 Å². The Morgan fingerprint density at radius 1 is 1.18 bits per heavy atom. The first-order valence-corrected chi connectivity index (χ1v) is 11.8. The van der Waals surface area contributed by atoms with Crippen molar-refractivity contribution in [3.63, 3.8) is 0 Å². The number of rotatable bonds is 9. The molecule has 3 rings (SSSR count). The minimum absolute atomic E-state index is 0.0675. The van der Waals surface area contributed by atoms with Crippen LogP contribution in [0.25, 0.3) is 0 Å². The number of carboxylic acid groups (broad SMARTS) is 1. The predicted octanol–water partition coefficient (Wildman–Crippen LogP) is 4.63. The van der Waals surface area contributed by atoms with E-state index >= 15 is 0 Å². The molecule has 0 unspecified atom stereocenters. The van der Waals surface area contributed by atoms with Crippen molar-refractivity contribution in [1.82, 2.24) is 5.32 Å². The molecule has 1 heterocycles. The maximum atomic E-state index is 12.8. The number of anilines is 1. The number of carbonyl (C=O) groups excluding carboxylic acids is 1. The molecule has 2 aromatic rings. The number of benzene rings is 2. The van der Waals surface area contributed by atoms with Crippen molar-refractivity contribution in [1.29, 1.82) is 0 Å². The molecule has 1 aliphatic rings. The zero-order valence-electron chi connectivity index (χ0n) is 20.1. The molecule has 0 bridgehead atoms. The summed E-state index contributed by atoms with van der Waals surface area (Å²) in [7, 11) is 0. The lowest BCUT2D eigenvalue weighted by Gasteiger charge is -2.34. The normalized spacial score (nSPS) is 16.5. The van der Waals surface area contributed by atoms with Gasteiger partial charge in [-0.1, -0.05) is 44.2 Å². The van der Waals surface area contributed by atoms with E-state index in [1.165, 1.54) is 25.0 Å². The van der Waals surface area contributed by atoms with Crippen molar-refractivity contribution >= 4 is 17.6 Å². The number of carbonyl (C=O) groups is 2. The first-order chi connectivity index (χ1) is 15.7. The molecule has 1 amide bonds. The van der Waals surface area contributed by atoms with E-state index in [0.717, 1.165) is 31.5 Å². The Kier molecular flexibility index (Phi) is 8.01. The fraction of sp³-hybridized carbons (Fsp3) is 0.481. The van der Waals surface area contributed by atoms with Crippen LogP contribution in [-0.2, 0) is 16.0 Å². The van der Waals surface area contributed by atoms with E-state index < -0.39 is 11.6 Å². The highest BCUT2D eigenvalue weighted by Crippen LogP contribution is 2.28. The van der Waals surface area contributed by atoms with Crippen molar-refractivity contribution in [3.8, 4) is 5.75 Å². The topological polar surface area (TPSA) is 78.9 Å². The molecular weight excluding hydrogens is 416 g/mol. The van der Waals surface area contributed by atoms with Crippen molar-refractivity contribution in [3.05, 3.63) is 59.7 Å². The second kappa shape index (κ2) is 10.7. The number of piperidine rings is 1. The van der Waals surface area contributed by atoms with E-state index in [1.54, 1.807) is 6.07 Å². The van der Waals surface area contributed by atoms with Gasteiger partial charge in [0.15, 0.2) is 5.60 Å². The van der Waals surface area contributed by atoms with Gasteiger partial charge in [0.2, 0.25) is 5.91 Å². The molecule has 0 spiro atoms. The molecule has 33 heavy (non-hydrogen) atoms. The van der Waals surface area contributed by atoms with Crippen LogP contribution in [0.1, 0.15) is 57.6 Å². The average molecular weight is 453 g/mol. The first-order valence-electron chi connectivity index (χ1n) is 11.8. The Bertz CT molecular complexity index is 953. The van der Waals surface area contributed by atoms with Crippen molar-refractivity contribution < 1.29 is 19.4 Å². The Morgan fingerprint density at radius 3 is 2.58 bits per heavy atom. The number of nitrogens with zero attached hydrogens (tertiary/aromatic N) is 1. The van der Waals surface area contributed by atoms with Crippen molar-refractivity contribution in [2.45, 2.75) is 58.5 Å². The van der Waals surface area contributed by atoms with E-state index in [4.69, 9.17) is 4.74 Å². The molecule has 6 nitrogen and oxygen atoms in total. The number of nitrogens with one attached hydrogen (secondary N) is 1. The maximum absolute atomic E-state index is 12.8. The molecular formula is C27H36N2O4. The monoisotopic (exact) mass is 452 g/mol. The number of hydrogen-bond acceptors (Lipinski definition) is 4. The maximum Gasteiger partial charge on any atom is 0.347 e. The minimum Gasteiger partial charge on any atom is -0.478 e. The van der Waals surface area contributed by atoms with Gasteiger partial charge in [-0.05, 0) is 62.3 Å². The highest BCUT2D eigenvalue weighted by Gasteiger charge is 2.30. The number of hydrogen-bond donors (Lipinski definition) is 2. The molecule has 1 aliphatic heterocycles. The first kappa shape index (κ1) is 24.6. The zero-order valence-corrected chi connectivity index (χ0v) is 20.1. The minimum atomic E-state index is -1.31. The molecule has 0 aromatic heterocycles. The summed E-state index contributed by atoms with van der Waals surface area (Å²) in [5.41, 5.74) is 2.19. The Balaban J connectivity index is 1.54. The van der Waals surface area contributed by atoms with Crippen molar-refractivity contribution in [2.24, 2.45) is 5.92 Å². The number of ether oxygens (including phenoxy) is 1. The van der Waals surface area contributed by atoms with E-state index in [-0.39, 0.29) is 11.8 Å². The molecule has 1 saturated heterocycles. The lowest BCUT2D eigenvalue weighted by molar-refractivity contribution is -0.152. The van der Waals surface area contributed by atoms with E-state index in [0.29, 0.717) is 24.8 Å². The number of carboxylic acids is 1. The van der Waals surface area contributed by atoms with Crippen LogP contribution in [0.15, 0.2) is 48.5 Å². The molecule has 2 N–H and O–H groups in total. The molecule has 178 valence electrons. The third kappa shape index (κ3) is 6.73. The van der Waals surface area contributed by atoms with E-state index in [1.807, 2.05) is 18.2 Å². The third-order valence-corrected chi connectivity index (χ3v) is 6.22. The lowest BCUT2D eigenvalue weighted by atomic mass is 9.96. The van der Waals surface area contributed by atoms with Gasteiger partial charge in [0.25, 0.3) is 0 Å². The summed E-state index contributed by atoms with van der Waals surface area (Å²) in [5, 5.41) is 12.4. The van der Waals surface area contributed by atoms with E-state index in [9.17, 15) is 14.7 Å². The zero-order chi connectivity index (χ0) is 24.0. The number of amides is 1. The molecule has 0 saturated carbocycles.